The maximum Gasteiger partial charge on any atom is 0.321 e. The predicted molar refractivity (Wildman–Crippen MR) is 201 cm³/mol. The number of hydrogen-bond donors (Lipinski definition) is 3. The molecule has 1 aromatic heterocycles. The van der Waals surface area contributed by atoms with Gasteiger partial charge in [-0.15, -0.1) is 6.58 Å². The van der Waals surface area contributed by atoms with E-state index >= 15 is 0 Å². The lowest BCUT2D eigenvalue weighted by Crippen LogP contribution is -2.52. The molecule has 10 nitrogen and oxygen atoms in total. The van der Waals surface area contributed by atoms with E-state index in [1.165, 1.54) is 6.20 Å². The van der Waals surface area contributed by atoms with E-state index in [0.717, 1.165) is 37.1 Å². The molecule has 1 aliphatic carbocycles. The summed E-state index contributed by atoms with van der Waals surface area (Å²) in [6, 6.07) is 16.6. The molecule has 0 spiro atoms. The van der Waals surface area contributed by atoms with Crippen molar-refractivity contribution in [3.8, 4) is 17.6 Å². The van der Waals surface area contributed by atoms with Gasteiger partial charge in [-0.3, -0.25) is 15.1 Å². The van der Waals surface area contributed by atoms with Gasteiger partial charge >= 0.3 is 5.97 Å². The van der Waals surface area contributed by atoms with Crippen LogP contribution in [-0.4, -0.2) is 76.7 Å². The van der Waals surface area contributed by atoms with Crippen LogP contribution in [0, 0.1) is 16.7 Å². The van der Waals surface area contributed by atoms with Crippen molar-refractivity contribution in [2.24, 2.45) is 5.41 Å². The largest absolute Gasteiger partial charge is 0.488 e. The summed E-state index contributed by atoms with van der Waals surface area (Å²) >= 11 is 6.88. The number of likely N-dealkylation sites (tertiary alicyclic amines) is 1. The van der Waals surface area contributed by atoms with E-state index < -0.39 is 23.0 Å². The Morgan fingerprint density at radius 3 is 2.73 bits per heavy atom. The van der Waals surface area contributed by atoms with Gasteiger partial charge in [0.25, 0.3) is 0 Å². The molecule has 3 atom stereocenters. The lowest BCUT2D eigenvalue weighted by molar-refractivity contribution is -0.139. The highest BCUT2D eigenvalue weighted by molar-refractivity contribution is 6.32. The Bertz CT molecular complexity index is 1810. The van der Waals surface area contributed by atoms with Gasteiger partial charge in [0.1, 0.15) is 42.4 Å². The molecule has 274 valence electrons. The SMILES string of the molecule is C=CCC(NCc1cc(Cl)c(OCC2(OCCCN3CC[C@@H](O)C3)C=CC=C(c3ccccc3)C2(C)C)cc1OCc1cncc(C#N)c1)C(=O)O. The molecule has 2 unspecified atom stereocenters. The quantitative estimate of drug-likeness (QED) is 0.0975. The number of halogens is 1. The van der Waals surface area contributed by atoms with Crippen molar-refractivity contribution in [2.75, 3.05) is 32.8 Å². The highest BCUT2D eigenvalue weighted by Crippen LogP contribution is 2.49. The third-order valence-electron chi connectivity index (χ3n) is 9.79. The van der Waals surface area contributed by atoms with Gasteiger partial charge in [-0.05, 0) is 48.6 Å². The normalized spacial score (nSPS) is 20.1. The van der Waals surface area contributed by atoms with Crippen LogP contribution in [0.2, 0.25) is 5.02 Å². The molecule has 0 saturated carbocycles. The monoisotopic (exact) mass is 726 g/mol. The van der Waals surface area contributed by atoms with Crippen molar-refractivity contribution in [1.82, 2.24) is 15.2 Å². The summed E-state index contributed by atoms with van der Waals surface area (Å²) in [5.74, 6) is -0.189. The second-order valence-electron chi connectivity index (χ2n) is 13.7. The van der Waals surface area contributed by atoms with Crippen LogP contribution in [0.15, 0.2) is 91.8 Å². The molecular formula is C41H47ClN4O6. The molecule has 0 amide bonds. The van der Waals surface area contributed by atoms with E-state index in [-0.39, 0.29) is 32.3 Å². The number of hydrogen-bond acceptors (Lipinski definition) is 9. The van der Waals surface area contributed by atoms with Gasteiger partial charge in [-0.25, -0.2) is 0 Å². The van der Waals surface area contributed by atoms with Crippen LogP contribution in [0.5, 0.6) is 11.5 Å². The first-order valence-electron chi connectivity index (χ1n) is 17.5. The zero-order valence-corrected chi connectivity index (χ0v) is 30.5. The minimum absolute atomic E-state index is 0.105. The molecule has 0 bridgehead atoms. The number of nitriles is 1. The van der Waals surface area contributed by atoms with Crippen molar-refractivity contribution in [2.45, 2.75) is 64.0 Å². The van der Waals surface area contributed by atoms with E-state index in [2.05, 4.69) is 66.0 Å². The summed E-state index contributed by atoms with van der Waals surface area (Å²) in [6.07, 6.45) is 12.4. The first-order valence-corrected chi connectivity index (χ1v) is 17.9. The summed E-state index contributed by atoms with van der Waals surface area (Å²) in [5, 5.41) is 32.4. The average Bonchev–Trinajstić information content (AvgIpc) is 3.56. The van der Waals surface area contributed by atoms with Crippen molar-refractivity contribution in [3.05, 3.63) is 119 Å². The van der Waals surface area contributed by atoms with Gasteiger partial charge in [0.05, 0.1) is 16.7 Å². The van der Waals surface area contributed by atoms with E-state index in [4.69, 9.17) is 25.8 Å². The summed E-state index contributed by atoms with van der Waals surface area (Å²) in [4.78, 5) is 18.2. The van der Waals surface area contributed by atoms with Crippen LogP contribution < -0.4 is 14.8 Å². The summed E-state index contributed by atoms with van der Waals surface area (Å²) < 4.78 is 19.7. The number of nitrogens with one attached hydrogen (secondary N) is 1. The van der Waals surface area contributed by atoms with Crippen molar-refractivity contribution < 1.29 is 29.2 Å². The van der Waals surface area contributed by atoms with Gasteiger partial charge in [-0.1, -0.05) is 74.0 Å². The van der Waals surface area contributed by atoms with E-state index in [9.17, 15) is 20.3 Å². The van der Waals surface area contributed by atoms with Gasteiger partial charge in [0.2, 0.25) is 0 Å². The minimum atomic E-state index is -0.997. The predicted octanol–water partition coefficient (Wildman–Crippen LogP) is 6.58. The number of allylic oxidation sites excluding steroid dienone is 2. The highest BCUT2D eigenvalue weighted by atomic mass is 35.5. The number of pyridine rings is 1. The third-order valence-corrected chi connectivity index (χ3v) is 10.1. The molecule has 3 N–H and O–H groups in total. The maximum absolute atomic E-state index is 11.8. The number of aliphatic hydroxyl groups is 1. The standard InChI is InChI=1S/C41H47ClN4O6/c1-4-10-36(39(48)49)45-25-32-20-35(42)38(21-37(32)50-27-30-19-29(22-43)23-44-24-30)51-28-41(52-18-9-16-46-17-14-33(47)26-46)15-8-13-34(40(41,2)3)31-11-6-5-7-12-31/h4-8,11-13,15,19-21,23-24,33,36,45,47H,1,9-10,14,16-18,25-28H2,2-3H3,(H,48,49)/t33-,36?,41?/m1/s1. The topological polar surface area (TPSA) is 137 Å². The van der Waals surface area contributed by atoms with Crippen LogP contribution in [0.1, 0.15) is 55.4 Å². The molecule has 2 aliphatic rings. The molecule has 2 aromatic carbocycles. The van der Waals surface area contributed by atoms with Gasteiger partial charge in [0, 0.05) is 67.8 Å². The molecule has 2 heterocycles. The lowest BCUT2D eigenvalue weighted by atomic mass is 9.65. The fourth-order valence-corrected chi connectivity index (χ4v) is 6.92. The van der Waals surface area contributed by atoms with Crippen LogP contribution in [0.4, 0.5) is 0 Å². The summed E-state index contributed by atoms with van der Waals surface area (Å²) in [5.41, 5.74) is 2.51. The smallest absolute Gasteiger partial charge is 0.321 e. The molecule has 52 heavy (non-hydrogen) atoms. The Kier molecular flexibility index (Phi) is 13.3. The number of nitrogens with zero attached hydrogens (tertiary/aromatic N) is 3. The summed E-state index contributed by atoms with van der Waals surface area (Å²) in [6.45, 7) is 11.2. The number of aliphatic carboxylic acids is 1. The molecular weight excluding hydrogens is 680 g/mol. The molecule has 11 heteroatoms. The van der Waals surface area contributed by atoms with Gasteiger partial charge in [0.15, 0.2) is 0 Å². The zero-order valence-electron chi connectivity index (χ0n) is 29.8. The number of aromatic nitrogens is 1. The van der Waals surface area contributed by atoms with E-state index in [1.807, 2.05) is 24.3 Å². The average molecular weight is 727 g/mol. The minimum Gasteiger partial charge on any atom is -0.488 e. The zero-order chi connectivity index (χ0) is 37.1. The second kappa shape index (κ2) is 17.8. The number of benzene rings is 2. The number of β-amino-alcohol motifs (C(OH)–C–C–N with tert-alkyl or cyclic N) is 1. The first-order chi connectivity index (χ1) is 25.0. The Hall–Kier alpha value is -4.50. The molecule has 3 aromatic rings. The Morgan fingerprint density at radius 1 is 1.21 bits per heavy atom. The van der Waals surface area contributed by atoms with Crippen molar-refractivity contribution >= 4 is 23.1 Å². The van der Waals surface area contributed by atoms with Crippen LogP contribution in [-0.2, 0) is 22.7 Å². The number of aliphatic hydroxyl groups excluding tert-OH is 1. The highest BCUT2D eigenvalue weighted by Gasteiger charge is 2.49. The van der Waals surface area contributed by atoms with Crippen LogP contribution in [0.25, 0.3) is 5.57 Å². The van der Waals surface area contributed by atoms with E-state index in [1.54, 1.807) is 30.5 Å². The molecule has 1 fully saturated rings. The number of rotatable bonds is 18. The fourth-order valence-electron chi connectivity index (χ4n) is 6.68. The maximum atomic E-state index is 11.8. The molecule has 0 radical (unpaired) electrons. The van der Waals surface area contributed by atoms with Crippen molar-refractivity contribution in [1.29, 1.82) is 5.26 Å². The van der Waals surface area contributed by atoms with Crippen molar-refractivity contribution in [3.63, 3.8) is 0 Å². The number of carbonyl (C=O) groups is 1. The molecule has 1 aliphatic heterocycles. The lowest BCUT2D eigenvalue weighted by Gasteiger charge is -2.47. The fraction of sp³-hybridized carbons (Fsp3) is 0.390. The first kappa shape index (κ1) is 38.7. The molecule has 5 rings (SSSR count). The van der Waals surface area contributed by atoms with E-state index in [0.29, 0.717) is 46.4 Å². The number of ether oxygens (including phenoxy) is 3. The second-order valence-corrected chi connectivity index (χ2v) is 14.1. The third kappa shape index (κ3) is 9.48. The number of carboxylic acids is 1. The molecule has 1 saturated heterocycles. The van der Waals surface area contributed by atoms with Gasteiger partial charge in [-0.2, -0.15) is 5.26 Å². The Balaban J connectivity index is 1.41. The van der Waals surface area contributed by atoms with Crippen LogP contribution in [0.3, 0.4) is 0 Å². The van der Waals surface area contributed by atoms with Gasteiger partial charge < -0.3 is 29.3 Å². The van der Waals surface area contributed by atoms with Crippen LogP contribution >= 0.6 is 11.6 Å². The Morgan fingerprint density at radius 2 is 2.02 bits per heavy atom. The summed E-state index contributed by atoms with van der Waals surface area (Å²) in [7, 11) is 0. The number of carboxylic acid groups (broad SMARTS) is 1. The Labute approximate surface area is 311 Å².